The number of carbonyl (C=O) groups excluding carboxylic acids is 1. The summed E-state index contributed by atoms with van der Waals surface area (Å²) in [7, 11) is 1.63. The minimum absolute atomic E-state index is 0.113. The van der Waals surface area contributed by atoms with E-state index in [9.17, 15) is 10.1 Å². The highest BCUT2D eigenvalue weighted by molar-refractivity contribution is 5.95. The third-order valence-corrected chi connectivity index (χ3v) is 8.85. The Kier molecular flexibility index (Phi) is 7.09. The molecule has 3 unspecified atom stereocenters. The van der Waals surface area contributed by atoms with Gasteiger partial charge in [-0.05, 0) is 79.7 Å². The smallest absolute Gasteiger partial charge is 0.230 e. The highest BCUT2D eigenvalue weighted by Crippen LogP contribution is 2.51. The second kappa shape index (κ2) is 10.4. The molecule has 0 radical (unpaired) electrons. The van der Waals surface area contributed by atoms with Crippen molar-refractivity contribution >= 4 is 11.6 Å². The Labute approximate surface area is 209 Å². The minimum atomic E-state index is -0.113. The summed E-state index contributed by atoms with van der Waals surface area (Å²) in [4.78, 5) is 20.3. The van der Waals surface area contributed by atoms with Crippen molar-refractivity contribution in [3.05, 3.63) is 42.6 Å². The molecular formula is C30H37N3O2. The van der Waals surface area contributed by atoms with Gasteiger partial charge in [0.15, 0.2) is 0 Å². The molecule has 0 aliphatic heterocycles. The number of nitrogens with zero attached hydrogens (tertiary/aromatic N) is 3. The number of hydrogen-bond acceptors (Lipinski definition) is 4. The molecule has 2 aromatic rings. The molecule has 0 saturated heterocycles. The standard InChI is InChI=1S/C30H37N3O2/c1-35-28-18-24(13-16-32-28)23-9-5-11-27(17-23)33(29(34)22-7-3-2-4-8-22)20-26-12-15-30(21-31)14-6-10-25(26)19-30/h5,9,11,13,16-18,22,25-26H,2-4,6-8,10,12,14-15,19-20H2,1H3. The fourth-order valence-corrected chi connectivity index (χ4v) is 6.81. The number of anilines is 1. The fraction of sp³-hybridized carbons (Fsp3) is 0.567. The normalized spacial score (nSPS) is 26.5. The first-order chi connectivity index (χ1) is 17.1. The number of benzene rings is 1. The third-order valence-electron chi connectivity index (χ3n) is 8.85. The SMILES string of the molecule is COc1cc(-c2cccc(N(CC3CCC4(C#N)CCCC3C4)C(=O)C3CCCCC3)c2)ccn1. The van der Waals surface area contributed by atoms with Crippen LogP contribution in [-0.4, -0.2) is 24.5 Å². The predicted octanol–water partition coefficient (Wildman–Crippen LogP) is 6.78. The van der Waals surface area contributed by atoms with E-state index in [0.717, 1.165) is 81.1 Å². The fourth-order valence-electron chi connectivity index (χ4n) is 6.81. The van der Waals surface area contributed by atoms with Crippen LogP contribution in [0.4, 0.5) is 5.69 Å². The molecule has 2 bridgehead atoms. The third kappa shape index (κ3) is 5.08. The molecule has 5 heteroatoms. The van der Waals surface area contributed by atoms with E-state index in [-0.39, 0.29) is 11.3 Å². The first-order valence-corrected chi connectivity index (χ1v) is 13.4. The minimum Gasteiger partial charge on any atom is -0.481 e. The van der Waals surface area contributed by atoms with Crippen molar-refractivity contribution in [2.24, 2.45) is 23.2 Å². The molecule has 1 aromatic heterocycles. The number of nitriles is 1. The van der Waals surface area contributed by atoms with E-state index < -0.39 is 0 Å². The van der Waals surface area contributed by atoms with E-state index in [1.807, 2.05) is 12.1 Å². The van der Waals surface area contributed by atoms with Crippen molar-refractivity contribution in [2.75, 3.05) is 18.6 Å². The maximum Gasteiger partial charge on any atom is 0.230 e. The zero-order chi connectivity index (χ0) is 24.3. The predicted molar refractivity (Wildman–Crippen MR) is 138 cm³/mol. The quantitative estimate of drug-likeness (QED) is 0.466. The lowest BCUT2D eigenvalue weighted by atomic mass is 9.59. The number of pyridine rings is 1. The van der Waals surface area contributed by atoms with Crippen molar-refractivity contribution < 1.29 is 9.53 Å². The largest absolute Gasteiger partial charge is 0.481 e. The molecular weight excluding hydrogens is 434 g/mol. The van der Waals surface area contributed by atoms with Crippen LogP contribution in [0.2, 0.25) is 0 Å². The maximum atomic E-state index is 14.0. The van der Waals surface area contributed by atoms with Crippen molar-refractivity contribution in [2.45, 2.75) is 70.6 Å². The molecule has 5 rings (SSSR count). The van der Waals surface area contributed by atoms with Crippen LogP contribution in [0.15, 0.2) is 42.6 Å². The Morgan fingerprint density at radius 1 is 1.09 bits per heavy atom. The topological polar surface area (TPSA) is 66.2 Å². The molecule has 1 heterocycles. The molecule has 3 aliphatic carbocycles. The van der Waals surface area contributed by atoms with E-state index in [1.165, 1.54) is 12.8 Å². The molecule has 3 atom stereocenters. The molecule has 3 saturated carbocycles. The Morgan fingerprint density at radius 2 is 1.91 bits per heavy atom. The van der Waals surface area contributed by atoms with Gasteiger partial charge in [-0.3, -0.25) is 4.79 Å². The van der Waals surface area contributed by atoms with Crippen LogP contribution in [0.1, 0.15) is 70.6 Å². The zero-order valence-electron chi connectivity index (χ0n) is 20.9. The Bertz CT molecular complexity index is 1090. The van der Waals surface area contributed by atoms with Gasteiger partial charge in [-0.2, -0.15) is 5.26 Å². The molecule has 1 aromatic carbocycles. The van der Waals surface area contributed by atoms with Gasteiger partial charge in [0, 0.05) is 30.4 Å². The summed E-state index contributed by atoms with van der Waals surface area (Å²) >= 11 is 0. The molecule has 3 fully saturated rings. The highest BCUT2D eigenvalue weighted by Gasteiger charge is 2.44. The maximum absolute atomic E-state index is 14.0. The lowest BCUT2D eigenvalue weighted by Crippen LogP contribution is -2.45. The molecule has 0 spiro atoms. The lowest BCUT2D eigenvalue weighted by molar-refractivity contribution is -0.123. The Hall–Kier alpha value is -2.87. The number of aromatic nitrogens is 1. The summed E-state index contributed by atoms with van der Waals surface area (Å²) < 4.78 is 5.33. The molecule has 184 valence electrons. The Balaban J connectivity index is 1.44. The second-order valence-corrected chi connectivity index (χ2v) is 11.0. The van der Waals surface area contributed by atoms with Gasteiger partial charge in [0.1, 0.15) is 0 Å². The van der Waals surface area contributed by atoms with E-state index >= 15 is 0 Å². The highest BCUT2D eigenvalue weighted by atomic mass is 16.5. The van der Waals surface area contributed by atoms with Crippen molar-refractivity contribution in [1.82, 2.24) is 4.98 Å². The number of methoxy groups -OCH3 is 1. The molecule has 1 amide bonds. The average molecular weight is 472 g/mol. The molecule has 0 N–H and O–H groups in total. The summed E-state index contributed by atoms with van der Waals surface area (Å²) in [5, 5.41) is 9.85. The van der Waals surface area contributed by atoms with Gasteiger partial charge in [0.05, 0.1) is 18.6 Å². The van der Waals surface area contributed by atoms with Crippen molar-refractivity contribution in [3.63, 3.8) is 0 Å². The summed E-state index contributed by atoms with van der Waals surface area (Å²) in [5.74, 6) is 2.02. The van der Waals surface area contributed by atoms with Crippen molar-refractivity contribution in [1.29, 1.82) is 5.26 Å². The van der Waals surface area contributed by atoms with Gasteiger partial charge in [-0.15, -0.1) is 0 Å². The average Bonchev–Trinajstić information content (AvgIpc) is 2.93. The summed E-state index contributed by atoms with van der Waals surface area (Å²) in [6.07, 6.45) is 13.7. The van der Waals surface area contributed by atoms with Gasteiger partial charge < -0.3 is 9.64 Å². The van der Waals surface area contributed by atoms with Gasteiger partial charge in [-0.1, -0.05) is 44.2 Å². The van der Waals surface area contributed by atoms with Crippen LogP contribution in [-0.2, 0) is 4.79 Å². The van der Waals surface area contributed by atoms with Gasteiger partial charge in [0.2, 0.25) is 11.8 Å². The summed E-state index contributed by atoms with van der Waals surface area (Å²) in [6.45, 7) is 0.768. The number of hydrogen-bond donors (Lipinski definition) is 0. The van der Waals surface area contributed by atoms with Crippen LogP contribution < -0.4 is 9.64 Å². The number of fused-ring (bicyclic) bond motifs is 2. The van der Waals surface area contributed by atoms with E-state index in [1.54, 1.807) is 13.3 Å². The number of carbonyl (C=O) groups is 1. The van der Waals surface area contributed by atoms with E-state index in [4.69, 9.17) is 4.74 Å². The first-order valence-electron chi connectivity index (χ1n) is 13.4. The van der Waals surface area contributed by atoms with Gasteiger partial charge in [0.25, 0.3) is 0 Å². The van der Waals surface area contributed by atoms with E-state index in [2.05, 4.69) is 40.2 Å². The van der Waals surface area contributed by atoms with Crippen LogP contribution in [0.3, 0.4) is 0 Å². The number of ether oxygens (including phenoxy) is 1. The first kappa shape index (κ1) is 23.9. The van der Waals surface area contributed by atoms with Crippen LogP contribution in [0, 0.1) is 34.5 Å². The van der Waals surface area contributed by atoms with E-state index in [0.29, 0.717) is 23.6 Å². The monoisotopic (exact) mass is 471 g/mol. The summed E-state index contributed by atoms with van der Waals surface area (Å²) in [5.41, 5.74) is 2.97. The van der Waals surface area contributed by atoms with Crippen LogP contribution in [0.5, 0.6) is 5.88 Å². The van der Waals surface area contributed by atoms with Gasteiger partial charge in [-0.25, -0.2) is 4.98 Å². The van der Waals surface area contributed by atoms with Crippen molar-refractivity contribution in [3.8, 4) is 23.1 Å². The van der Waals surface area contributed by atoms with Crippen LogP contribution in [0.25, 0.3) is 11.1 Å². The van der Waals surface area contributed by atoms with Gasteiger partial charge >= 0.3 is 0 Å². The lowest BCUT2D eigenvalue weighted by Gasteiger charge is -2.46. The number of rotatable bonds is 6. The molecule has 5 nitrogen and oxygen atoms in total. The zero-order valence-corrected chi connectivity index (χ0v) is 20.9. The second-order valence-electron chi connectivity index (χ2n) is 11.0. The summed E-state index contributed by atoms with van der Waals surface area (Å²) in [6, 6.07) is 15.0. The number of amides is 1. The molecule has 3 aliphatic rings. The van der Waals surface area contributed by atoms with Crippen LogP contribution >= 0.6 is 0 Å². The Morgan fingerprint density at radius 3 is 2.71 bits per heavy atom. The molecule has 35 heavy (non-hydrogen) atoms.